The third kappa shape index (κ3) is 5.49. The molecule has 108 valence electrons. The fourth-order valence-corrected chi connectivity index (χ4v) is 1.55. The highest BCUT2D eigenvalue weighted by Crippen LogP contribution is 2.10. The lowest BCUT2D eigenvalue weighted by Gasteiger charge is -2.11. The molecular formula is C13H17N3O4. The summed E-state index contributed by atoms with van der Waals surface area (Å²) in [6.45, 7) is 0. The molecule has 20 heavy (non-hydrogen) atoms. The number of carboxylic acid groups (broad SMARTS) is 1. The largest absolute Gasteiger partial charge is 0.481 e. The second kappa shape index (κ2) is 7.25. The molecule has 0 saturated heterocycles. The zero-order valence-electron chi connectivity index (χ0n) is 10.8. The van der Waals surface area contributed by atoms with Crippen LogP contribution in [0, 0.1) is 0 Å². The molecule has 0 saturated carbocycles. The molecule has 0 heterocycles. The van der Waals surface area contributed by atoms with Crippen LogP contribution in [0.25, 0.3) is 0 Å². The first-order chi connectivity index (χ1) is 9.38. The molecular weight excluding hydrogens is 262 g/mol. The maximum absolute atomic E-state index is 11.7. The Morgan fingerprint density at radius 2 is 1.80 bits per heavy atom. The minimum atomic E-state index is -0.996. The molecule has 1 unspecified atom stereocenters. The highest BCUT2D eigenvalue weighted by molar-refractivity contribution is 5.94. The van der Waals surface area contributed by atoms with Crippen molar-refractivity contribution in [3.05, 3.63) is 29.8 Å². The van der Waals surface area contributed by atoms with Crippen LogP contribution in [0.3, 0.4) is 0 Å². The zero-order chi connectivity index (χ0) is 15.1. The van der Waals surface area contributed by atoms with E-state index in [1.165, 1.54) is 0 Å². The van der Waals surface area contributed by atoms with E-state index in [1.54, 1.807) is 24.3 Å². The Labute approximate surface area is 115 Å². The van der Waals surface area contributed by atoms with Gasteiger partial charge in [-0.05, 0) is 24.1 Å². The number of nitrogens with one attached hydrogen (secondary N) is 1. The van der Waals surface area contributed by atoms with Crippen LogP contribution in [-0.4, -0.2) is 28.9 Å². The standard InChI is InChI=1S/C13H17N3O4/c14-10(5-6-12(18)19)13(20)16-9-3-1-8(2-4-9)7-11(15)17/h1-4,10H,5-7,14H2,(H2,15,17)(H,16,20)(H,18,19). The monoisotopic (exact) mass is 279 g/mol. The molecule has 1 atom stereocenters. The number of anilines is 1. The summed E-state index contributed by atoms with van der Waals surface area (Å²) < 4.78 is 0. The average molecular weight is 279 g/mol. The van der Waals surface area contributed by atoms with Crippen molar-refractivity contribution in [3.63, 3.8) is 0 Å². The van der Waals surface area contributed by atoms with Gasteiger partial charge in [0.2, 0.25) is 11.8 Å². The maximum Gasteiger partial charge on any atom is 0.303 e. The minimum absolute atomic E-state index is 0.0704. The molecule has 1 aromatic carbocycles. The van der Waals surface area contributed by atoms with Crippen molar-refractivity contribution < 1.29 is 19.5 Å². The van der Waals surface area contributed by atoms with Crippen LogP contribution in [0.2, 0.25) is 0 Å². The number of carbonyl (C=O) groups is 3. The Balaban J connectivity index is 2.53. The van der Waals surface area contributed by atoms with Crippen LogP contribution in [0.4, 0.5) is 5.69 Å². The van der Waals surface area contributed by atoms with Crippen molar-refractivity contribution in [3.8, 4) is 0 Å². The van der Waals surface area contributed by atoms with E-state index in [0.717, 1.165) is 5.56 Å². The van der Waals surface area contributed by atoms with Gasteiger partial charge in [-0.3, -0.25) is 14.4 Å². The predicted molar refractivity (Wildman–Crippen MR) is 72.8 cm³/mol. The van der Waals surface area contributed by atoms with Crippen LogP contribution in [0.1, 0.15) is 18.4 Å². The van der Waals surface area contributed by atoms with Crippen LogP contribution < -0.4 is 16.8 Å². The number of aliphatic carboxylic acids is 1. The molecule has 2 amide bonds. The van der Waals surface area contributed by atoms with Gasteiger partial charge in [0.1, 0.15) is 0 Å². The van der Waals surface area contributed by atoms with E-state index < -0.39 is 23.8 Å². The number of carboxylic acids is 1. The van der Waals surface area contributed by atoms with Gasteiger partial charge >= 0.3 is 5.97 Å². The van der Waals surface area contributed by atoms with Crippen LogP contribution in [0.15, 0.2) is 24.3 Å². The van der Waals surface area contributed by atoms with Crippen molar-refractivity contribution in [2.24, 2.45) is 11.5 Å². The summed E-state index contributed by atoms with van der Waals surface area (Å²) in [5.41, 5.74) is 11.9. The van der Waals surface area contributed by atoms with Crippen molar-refractivity contribution >= 4 is 23.5 Å². The molecule has 0 bridgehead atoms. The molecule has 1 aromatic rings. The van der Waals surface area contributed by atoms with Crippen LogP contribution >= 0.6 is 0 Å². The molecule has 6 N–H and O–H groups in total. The van der Waals surface area contributed by atoms with Gasteiger partial charge < -0.3 is 21.9 Å². The highest BCUT2D eigenvalue weighted by atomic mass is 16.4. The van der Waals surface area contributed by atoms with E-state index in [0.29, 0.717) is 5.69 Å². The lowest BCUT2D eigenvalue weighted by molar-refractivity contribution is -0.137. The van der Waals surface area contributed by atoms with Crippen molar-refractivity contribution in [1.82, 2.24) is 0 Å². The number of hydrogen-bond donors (Lipinski definition) is 4. The summed E-state index contributed by atoms with van der Waals surface area (Å²) in [7, 11) is 0. The summed E-state index contributed by atoms with van der Waals surface area (Å²) >= 11 is 0. The minimum Gasteiger partial charge on any atom is -0.481 e. The van der Waals surface area contributed by atoms with E-state index in [1.807, 2.05) is 0 Å². The second-order valence-corrected chi connectivity index (χ2v) is 4.37. The number of nitrogens with two attached hydrogens (primary N) is 2. The fraction of sp³-hybridized carbons (Fsp3) is 0.308. The number of benzene rings is 1. The van der Waals surface area contributed by atoms with Crippen molar-refractivity contribution in [1.29, 1.82) is 0 Å². The average Bonchev–Trinajstić information content (AvgIpc) is 2.37. The van der Waals surface area contributed by atoms with Gasteiger partial charge in [-0.2, -0.15) is 0 Å². The quantitative estimate of drug-likeness (QED) is 0.550. The Morgan fingerprint density at radius 1 is 1.20 bits per heavy atom. The van der Waals surface area contributed by atoms with Gasteiger partial charge in [-0.15, -0.1) is 0 Å². The molecule has 1 rings (SSSR count). The third-order valence-corrected chi connectivity index (χ3v) is 2.61. The molecule has 0 radical (unpaired) electrons. The molecule has 7 nitrogen and oxygen atoms in total. The SMILES string of the molecule is NC(=O)Cc1ccc(NC(=O)C(N)CCC(=O)O)cc1. The lowest BCUT2D eigenvalue weighted by Crippen LogP contribution is -2.36. The molecule has 0 aromatic heterocycles. The topological polar surface area (TPSA) is 136 Å². The predicted octanol–water partition coefficient (Wildman–Crippen LogP) is -0.155. The number of hydrogen-bond acceptors (Lipinski definition) is 4. The van der Waals surface area contributed by atoms with Gasteiger partial charge in [0.15, 0.2) is 0 Å². The van der Waals surface area contributed by atoms with E-state index in [2.05, 4.69) is 5.32 Å². The number of rotatable bonds is 7. The van der Waals surface area contributed by atoms with Gasteiger partial charge in [0.05, 0.1) is 12.5 Å². The van der Waals surface area contributed by atoms with Gasteiger partial charge in [-0.25, -0.2) is 0 Å². The molecule has 0 spiro atoms. The number of amides is 2. The molecule has 0 fully saturated rings. The highest BCUT2D eigenvalue weighted by Gasteiger charge is 2.14. The summed E-state index contributed by atoms with van der Waals surface area (Å²) in [4.78, 5) is 32.8. The summed E-state index contributed by atoms with van der Waals surface area (Å²) in [5, 5.41) is 11.1. The van der Waals surface area contributed by atoms with E-state index >= 15 is 0 Å². The zero-order valence-corrected chi connectivity index (χ0v) is 10.8. The van der Waals surface area contributed by atoms with Crippen LogP contribution in [0.5, 0.6) is 0 Å². The van der Waals surface area contributed by atoms with Crippen molar-refractivity contribution in [2.75, 3.05) is 5.32 Å². The molecule has 0 aliphatic carbocycles. The first-order valence-corrected chi connectivity index (χ1v) is 6.04. The van der Waals surface area contributed by atoms with E-state index in [4.69, 9.17) is 16.6 Å². The van der Waals surface area contributed by atoms with Gasteiger partial charge in [0.25, 0.3) is 0 Å². The van der Waals surface area contributed by atoms with Gasteiger partial charge in [0, 0.05) is 12.1 Å². The first-order valence-electron chi connectivity index (χ1n) is 6.04. The maximum atomic E-state index is 11.7. The molecule has 0 aliphatic heterocycles. The lowest BCUT2D eigenvalue weighted by atomic mass is 10.1. The summed E-state index contributed by atoms with van der Waals surface area (Å²) in [6, 6.07) is 5.71. The Morgan fingerprint density at radius 3 is 2.30 bits per heavy atom. The van der Waals surface area contributed by atoms with E-state index in [9.17, 15) is 14.4 Å². The Bertz CT molecular complexity index is 499. The summed E-state index contributed by atoms with van der Waals surface area (Å²) in [5.74, 6) is -1.88. The van der Waals surface area contributed by atoms with Gasteiger partial charge in [-0.1, -0.05) is 12.1 Å². The smallest absolute Gasteiger partial charge is 0.303 e. The Kier molecular flexibility index (Phi) is 5.67. The first kappa shape index (κ1) is 15.6. The van der Waals surface area contributed by atoms with E-state index in [-0.39, 0.29) is 19.3 Å². The fourth-order valence-electron chi connectivity index (χ4n) is 1.55. The number of primary amides is 1. The normalized spacial score (nSPS) is 11.7. The molecule has 7 heteroatoms. The Hall–Kier alpha value is -2.41. The van der Waals surface area contributed by atoms with Crippen molar-refractivity contribution in [2.45, 2.75) is 25.3 Å². The molecule has 0 aliphatic rings. The summed E-state index contributed by atoms with van der Waals surface area (Å²) in [6.07, 6.45) is 0.0411. The third-order valence-electron chi connectivity index (χ3n) is 2.61. The van der Waals surface area contributed by atoms with Crippen LogP contribution in [-0.2, 0) is 20.8 Å². The number of carbonyl (C=O) groups excluding carboxylic acids is 2. The second-order valence-electron chi connectivity index (χ2n) is 4.37.